The largest absolute Gasteiger partial charge is 0.354 e. The molecule has 0 bridgehead atoms. The van der Waals surface area contributed by atoms with Gasteiger partial charge in [-0.2, -0.15) is 0 Å². The molecule has 0 aliphatic carbocycles. The van der Waals surface area contributed by atoms with Gasteiger partial charge in [0.25, 0.3) is 5.91 Å². The number of benzene rings is 2. The minimum Gasteiger partial charge on any atom is -0.354 e. The first kappa shape index (κ1) is 21.2. The number of anilines is 1. The second kappa shape index (κ2) is 8.22. The Kier molecular flexibility index (Phi) is 5.61. The maximum atomic E-state index is 13.8. The molecule has 3 aromatic rings. The normalized spacial score (nSPS) is 18.5. The summed E-state index contributed by atoms with van der Waals surface area (Å²) in [5.74, 6) is 0.233. The number of nitrogens with one attached hydrogen (secondary N) is 1. The van der Waals surface area contributed by atoms with E-state index in [1.807, 2.05) is 66.1 Å². The summed E-state index contributed by atoms with van der Waals surface area (Å²) in [6, 6.07) is 17.9. The number of aromatic nitrogens is 1. The van der Waals surface area contributed by atoms with Gasteiger partial charge in [0.1, 0.15) is 11.2 Å². The minimum atomic E-state index is -1.03. The summed E-state index contributed by atoms with van der Waals surface area (Å²) in [6.07, 6.45) is 1.83. The van der Waals surface area contributed by atoms with Crippen LogP contribution in [-0.4, -0.2) is 28.5 Å². The molecule has 162 valence electrons. The fourth-order valence-corrected chi connectivity index (χ4v) is 4.40. The molecule has 0 radical (unpaired) electrons. The average molecular weight is 418 g/mol. The highest BCUT2D eigenvalue weighted by molar-refractivity contribution is 6.14. The molecule has 0 fully saturated rings. The molecule has 1 aliphatic rings. The standard InChI is InChI=1S/C26H31N3O2/c1-5-19-10-12-21(13-11-19)29-24(30)23-16-20-8-6-7-9-22(20)28(23)17-26(29,4)25(31)27-15-14-18(2)3/h6-13,16,18H,5,14-15,17H2,1-4H3,(H,27,31)/t26-/m1/s1. The van der Waals surface area contributed by atoms with Crippen molar-refractivity contribution in [2.45, 2.75) is 52.6 Å². The van der Waals surface area contributed by atoms with E-state index < -0.39 is 5.54 Å². The number of amides is 2. The number of carbonyl (C=O) groups excluding carboxylic acids is 2. The van der Waals surface area contributed by atoms with E-state index in [0.717, 1.165) is 29.4 Å². The van der Waals surface area contributed by atoms with E-state index in [-0.39, 0.29) is 11.8 Å². The van der Waals surface area contributed by atoms with Gasteiger partial charge in [0.05, 0.1) is 6.54 Å². The number of carbonyl (C=O) groups is 2. The van der Waals surface area contributed by atoms with Crippen LogP contribution in [-0.2, 0) is 17.8 Å². The number of fused-ring (bicyclic) bond motifs is 3. The van der Waals surface area contributed by atoms with Crippen LogP contribution in [0.2, 0.25) is 0 Å². The fourth-order valence-electron chi connectivity index (χ4n) is 4.40. The van der Waals surface area contributed by atoms with E-state index in [9.17, 15) is 9.59 Å². The predicted molar refractivity (Wildman–Crippen MR) is 125 cm³/mol. The molecule has 31 heavy (non-hydrogen) atoms. The third-order valence-electron chi connectivity index (χ3n) is 6.29. The van der Waals surface area contributed by atoms with Crippen LogP contribution in [0, 0.1) is 5.92 Å². The van der Waals surface area contributed by atoms with Crippen molar-refractivity contribution in [2.24, 2.45) is 5.92 Å². The van der Waals surface area contributed by atoms with Crippen molar-refractivity contribution >= 4 is 28.4 Å². The lowest BCUT2D eigenvalue weighted by Gasteiger charge is -2.44. The molecule has 0 saturated carbocycles. The van der Waals surface area contributed by atoms with Crippen molar-refractivity contribution < 1.29 is 9.59 Å². The highest BCUT2D eigenvalue weighted by Gasteiger charge is 2.48. The summed E-state index contributed by atoms with van der Waals surface area (Å²) < 4.78 is 2.00. The van der Waals surface area contributed by atoms with Gasteiger partial charge in [-0.05, 0) is 55.5 Å². The number of rotatable bonds is 6. The Labute approximate surface area is 184 Å². The fraction of sp³-hybridized carbons (Fsp3) is 0.385. The first-order valence-electron chi connectivity index (χ1n) is 11.1. The van der Waals surface area contributed by atoms with Gasteiger partial charge in [0.15, 0.2) is 0 Å². The van der Waals surface area contributed by atoms with E-state index >= 15 is 0 Å². The maximum Gasteiger partial charge on any atom is 0.275 e. The Balaban J connectivity index is 1.80. The highest BCUT2D eigenvalue weighted by Crippen LogP contribution is 2.36. The number of para-hydroxylation sites is 1. The van der Waals surface area contributed by atoms with Crippen molar-refractivity contribution in [1.82, 2.24) is 9.88 Å². The second-order valence-electron chi connectivity index (χ2n) is 9.05. The molecule has 1 atom stereocenters. The summed E-state index contributed by atoms with van der Waals surface area (Å²) in [5.41, 5.74) is 2.52. The zero-order valence-electron chi connectivity index (χ0n) is 18.8. The van der Waals surface area contributed by atoms with Gasteiger partial charge in [-0.15, -0.1) is 0 Å². The number of hydrogen-bond acceptors (Lipinski definition) is 2. The number of hydrogen-bond donors (Lipinski definition) is 1. The van der Waals surface area contributed by atoms with E-state index in [4.69, 9.17) is 0 Å². The first-order valence-corrected chi connectivity index (χ1v) is 11.1. The highest BCUT2D eigenvalue weighted by atomic mass is 16.2. The van der Waals surface area contributed by atoms with Crippen molar-refractivity contribution in [1.29, 1.82) is 0 Å². The van der Waals surface area contributed by atoms with E-state index in [1.165, 1.54) is 5.56 Å². The molecule has 0 spiro atoms. The van der Waals surface area contributed by atoms with Crippen molar-refractivity contribution in [3.63, 3.8) is 0 Å². The smallest absolute Gasteiger partial charge is 0.275 e. The Morgan fingerprint density at radius 1 is 1.13 bits per heavy atom. The Morgan fingerprint density at radius 3 is 2.52 bits per heavy atom. The van der Waals surface area contributed by atoms with Gasteiger partial charge in [0, 0.05) is 23.1 Å². The molecule has 0 saturated heterocycles. The molecule has 5 heteroatoms. The topological polar surface area (TPSA) is 54.3 Å². The zero-order valence-corrected chi connectivity index (χ0v) is 18.8. The molecule has 2 amide bonds. The molecule has 2 heterocycles. The molecule has 1 N–H and O–H groups in total. The first-order chi connectivity index (χ1) is 14.8. The lowest BCUT2D eigenvalue weighted by molar-refractivity contribution is -0.126. The monoisotopic (exact) mass is 417 g/mol. The second-order valence-corrected chi connectivity index (χ2v) is 9.05. The summed E-state index contributed by atoms with van der Waals surface area (Å²) in [7, 11) is 0. The number of aryl methyl sites for hydroxylation is 1. The van der Waals surface area contributed by atoms with Crippen molar-refractivity contribution in [2.75, 3.05) is 11.4 Å². The Morgan fingerprint density at radius 2 is 1.84 bits per heavy atom. The van der Waals surface area contributed by atoms with Crippen LogP contribution < -0.4 is 10.2 Å². The van der Waals surface area contributed by atoms with Gasteiger partial charge in [0.2, 0.25) is 5.91 Å². The number of nitrogens with zero attached hydrogens (tertiary/aromatic N) is 2. The summed E-state index contributed by atoms with van der Waals surface area (Å²) in [6.45, 7) is 9.26. The van der Waals surface area contributed by atoms with Crippen LogP contribution in [0.3, 0.4) is 0 Å². The summed E-state index contributed by atoms with van der Waals surface area (Å²) in [4.78, 5) is 29.0. The summed E-state index contributed by atoms with van der Waals surface area (Å²) >= 11 is 0. The zero-order chi connectivity index (χ0) is 22.2. The maximum absolute atomic E-state index is 13.8. The van der Waals surface area contributed by atoms with Gasteiger partial charge in [-0.1, -0.05) is 51.1 Å². The van der Waals surface area contributed by atoms with Gasteiger partial charge in [-0.3, -0.25) is 14.5 Å². The SMILES string of the molecule is CCc1ccc(N2C(=O)c3cc4ccccc4n3C[C@]2(C)C(=O)NCCC(C)C)cc1. The average Bonchev–Trinajstić information content (AvgIpc) is 3.12. The van der Waals surface area contributed by atoms with Crippen LogP contribution >= 0.6 is 0 Å². The minimum absolute atomic E-state index is 0.121. The quantitative estimate of drug-likeness (QED) is 0.627. The molecule has 1 aliphatic heterocycles. The van der Waals surface area contributed by atoms with E-state index in [2.05, 4.69) is 26.1 Å². The van der Waals surface area contributed by atoms with Gasteiger partial charge in [-0.25, -0.2) is 0 Å². The molecule has 5 nitrogen and oxygen atoms in total. The van der Waals surface area contributed by atoms with Gasteiger partial charge >= 0.3 is 0 Å². The molecule has 1 aromatic heterocycles. The Bertz CT molecular complexity index is 1110. The molecule has 2 aromatic carbocycles. The molecular formula is C26H31N3O2. The summed E-state index contributed by atoms with van der Waals surface area (Å²) in [5, 5.41) is 4.10. The van der Waals surface area contributed by atoms with Crippen LogP contribution in [0.4, 0.5) is 5.69 Å². The van der Waals surface area contributed by atoms with Crippen LogP contribution in [0.1, 0.15) is 50.2 Å². The Hall–Kier alpha value is -3.08. The third-order valence-corrected chi connectivity index (χ3v) is 6.29. The van der Waals surface area contributed by atoms with E-state index in [0.29, 0.717) is 24.7 Å². The lowest BCUT2D eigenvalue weighted by Crippen LogP contribution is -2.64. The molecule has 0 unspecified atom stereocenters. The van der Waals surface area contributed by atoms with Crippen LogP contribution in [0.5, 0.6) is 0 Å². The van der Waals surface area contributed by atoms with Crippen molar-refractivity contribution in [3.8, 4) is 0 Å². The van der Waals surface area contributed by atoms with Crippen molar-refractivity contribution in [3.05, 3.63) is 65.9 Å². The van der Waals surface area contributed by atoms with Crippen LogP contribution in [0.25, 0.3) is 10.9 Å². The predicted octanol–water partition coefficient (Wildman–Crippen LogP) is 4.79. The van der Waals surface area contributed by atoms with E-state index in [1.54, 1.807) is 4.90 Å². The lowest BCUT2D eigenvalue weighted by atomic mass is 9.93. The van der Waals surface area contributed by atoms with Crippen LogP contribution in [0.15, 0.2) is 54.6 Å². The van der Waals surface area contributed by atoms with Gasteiger partial charge < -0.3 is 9.88 Å². The molecular weight excluding hydrogens is 386 g/mol. The molecule has 4 rings (SSSR count). The third kappa shape index (κ3) is 3.73.